The van der Waals surface area contributed by atoms with Gasteiger partial charge < -0.3 is 14.8 Å². The zero-order chi connectivity index (χ0) is 24.1. The van der Waals surface area contributed by atoms with Crippen molar-refractivity contribution in [3.8, 4) is 11.4 Å². The van der Waals surface area contributed by atoms with Crippen molar-refractivity contribution in [1.82, 2.24) is 20.0 Å². The molecule has 10 heteroatoms. The first-order valence-electron chi connectivity index (χ1n) is 10.8. The number of aromatic nitrogens is 2. The topological polar surface area (TPSA) is 68.6 Å². The van der Waals surface area contributed by atoms with E-state index in [1.165, 1.54) is 30.1 Å². The molecule has 0 aliphatic carbocycles. The lowest BCUT2D eigenvalue weighted by atomic mass is 10.1. The second kappa shape index (κ2) is 10.3. The van der Waals surface area contributed by atoms with Crippen molar-refractivity contribution in [2.45, 2.75) is 19.3 Å². The number of benzene rings is 2. The maximum absolute atomic E-state index is 13.1. The molecule has 0 saturated carbocycles. The number of morpholine rings is 1. The summed E-state index contributed by atoms with van der Waals surface area (Å²) in [6.07, 6.45) is -3.10. The van der Waals surface area contributed by atoms with E-state index in [4.69, 9.17) is 9.47 Å². The van der Waals surface area contributed by atoms with E-state index in [1.54, 1.807) is 0 Å². The van der Waals surface area contributed by atoms with Crippen molar-refractivity contribution in [3.05, 3.63) is 77.1 Å². The minimum atomic E-state index is -4.48. The molecule has 1 fully saturated rings. The van der Waals surface area contributed by atoms with Crippen LogP contribution in [0.3, 0.4) is 0 Å². The van der Waals surface area contributed by atoms with E-state index in [0.717, 1.165) is 56.1 Å². The summed E-state index contributed by atoms with van der Waals surface area (Å²) in [4.78, 5) is 15.1. The van der Waals surface area contributed by atoms with E-state index in [2.05, 4.69) is 15.3 Å². The summed E-state index contributed by atoms with van der Waals surface area (Å²) in [5, 5.41) is 6.99. The van der Waals surface area contributed by atoms with Gasteiger partial charge in [-0.05, 0) is 29.3 Å². The van der Waals surface area contributed by atoms with Gasteiger partial charge in [-0.1, -0.05) is 30.3 Å². The minimum absolute atomic E-state index is 0.00983. The number of carbonyl (C=O) groups is 1. The molecule has 34 heavy (non-hydrogen) atoms. The Bertz CT molecular complexity index is 1140. The van der Waals surface area contributed by atoms with Gasteiger partial charge in [-0.3, -0.25) is 9.69 Å². The molecule has 2 aromatic carbocycles. The SMILES string of the molecule is COc1cn(-c2cccc(C(F)(F)F)c2)nc1C(=O)NCc1cccc(CN2CCOCC2)c1. The fraction of sp³-hybridized carbons (Fsp3) is 0.333. The molecule has 1 saturated heterocycles. The number of hydrogen-bond acceptors (Lipinski definition) is 5. The van der Waals surface area contributed by atoms with Crippen LogP contribution < -0.4 is 10.1 Å². The second-order valence-corrected chi connectivity index (χ2v) is 7.93. The van der Waals surface area contributed by atoms with Crippen LogP contribution >= 0.6 is 0 Å². The van der Waals surface area contributed by atoms with Gasteiger partial charge in [-0.15, -0.1) is 0 Å². The zero-order valence-electron chi connectivity index (χ0n) is 18.6. The second-order valence-electron chi connectivity index (χ2n) is 7.93. The highest BCUT2D eigenvalue weighted by Gasteiger charge is 2.30. The molecule has 1 aliphatic rings. The molecule has 0 bridgehead atoms. The van der Waals surface area contributed by atoms with E-state index in [0.29, 0.717) is 0 Å². The molecule has 7 nitrogen and oxygen atoms in total. The number of rotatable bonds is 7. The number of ether oxygens (including phenoxy) is 2. The number of methoxy groups -OCH3 is 1. The third-order valence-corrected chi connectivity index (χ3v) is 5.51. The zero-order valence-corrected chi connectivity index (χ0v) is 18.6. The van der Waals surface area contributed by atoms with Crippen molar-refractivity contribution in [1.29, 1.82) is 0 Å². The van der Waals surface area contributed by atoms with Crippen LogP contribution in [0.25, 0.3) is 5.69 Å². The highest BCUT2D eigenvalue weighted by Crippen LogP contribution is 2.30. The number of amides is 1. The fourth-order valence-electron chi connectivity index (χ4n) is 3.74. The van der Waals surface area contributed by atoms with Gasteiger partial charge in [0.1, 0.15) is 0 Å². The Kier molecular flexibility index (Phi) is 7.18. The summed E-state index contributed by atoms with van der Waals surface area (Å²) in [6, 6.07) is 12.6. The monoisotopic (exact) mass is 474 g/mol. The molecule has 0 unspecified atom stereocenters. The van der Waals surface area contributed by atoms with Crippen LogP contribution in [0.2, 0.25) is 0 Å². The number of halogens is 3. The molecule has 1 amide bonds. The van der Waals surface area contributed by atoms with Crippen molar-refractivity contribution >= 4 is 5.91 Å². The van der Waals surface area contributed by atoms with Crippen LogP contribution in [0.15, 0.2) is 54.7 Å². The molecule has 1 aliphatic heterocycles. The van der Waals surface area contributed by atoms with Gasteiger partial charge in [0.25, 0.3) is 5.91 Å². The maximum atomic E-state index is 13.1. The molecule has 1 aromatic heterocycles. The van der Waals surface area contributed by atoms with Crippen molar-refractivity contribution in [2.75, 3.05) is 33.4 Å². The molecule has 0 spiro atoms. The van der Waals surface area contributed by atoms with Crippen molar-refractivity contribution in [3.63, 3.8) is 0 Å². The Morgan fingerprint density at radius 1 is 1.12 bits per heavy atom. The Balaban J connectivity index is 1.45. The van der Waals surface area contributed by atoms with E-state index < -0.39 is 17.6 Å². The van der Waals surface area contributed by atoms with Gasteiger partial charge >= 0.3 is 6.18 Å². The number of nitrogens with one attached hydrogen (secondary N) is 1. The molecule has 3 aromatic rings. The Morgan fingerprint density at radius 3 is 2.59 bits per heavy atom. The largest absolute Gasteiger partial charge is 0.493 e. The number of alkyl halides is 3. The number of nitrogens with zero attached hydrogens (tertiary/aromatic N) is 3. The Morgan fingerprint density at radius 2 is 1.85 bits per heavy atom. The van der Waals surface area contributed by atoms with Crippen LogP contribution in [0.1, 0.15) is 27.2 Å². The van der Waals surface area contributed by atoms with Gasteiger partial charge in [0.2, 0.25) is 0 Å². The minimum Gasteiger partial charge on any atom is -0.493 e. The predicted octanol–water partition coefficient (Wildman–Crippen LogP) is 3.66. The first-order chi connectivity index (χ1) is 16.3. The summed E-state index contributed by atoms with van der Waals surface area (Å²) < 4.78 is 51.0. The van der Waals surface area contributed by atoms with Crippen LogP contribution in [-0.4, -0.2) is 54.0 Å². The smallest absolute Gasteiger partial charge is 0.416 e. The summed E-state index contributed by atoms with van der Waals surface area (Å²) in [5.41, 5.74) is 1.42. The number of carbonyl (C=O) groups excluding carboxylic acids is 1. The quantitative estimate of drug-likeness (QED) is 0.566. The van der Waals surface area contributed by atoms with Gasteiger partial charge in [0.15, 0.2) is 11.4 Å². The Labute approximate surface area is 195 Å². The molecule has 1 N–H and O–H groups in total. The van der Waals surface area contributed by atoms with Gasteiger partial charge in [-0.2, -0.15) is 18.3 Å². The van der Waals surface area contributed by atoms with E-state index in [1.807, 2.05) is 24.3 Å². The third-order valence-electron chi connectivity index (χ3n) is 5.51. The van der Waals surface area contributed by atoms with Crippen LogP contribution in [0.4, 0.5) is 13.2 Å². The first-order valence-corrected chi connectivity index (χ1v) is 10.8. The molecular formula is C24H25F3N4O3. The van der Waals surface area contributed by atoms with Gasteiger partial charge in [0, 0.05) is 26.2 Å². The average Bonchev–Trinajstić information content (AvgIpc) is 3.28. The molecule has 2 heterocycles. The molecule has 0 radical (unpaired) electrons. The lowest BCUT2D eigenvalue weighted by Crippen LogP contribution is -2.35. The van der Waals surface area contributed by atoms with Crippen molar-refractivity contribution < 1.29 is 27.4 Å². The maximum Gasteiger partial charge on any atom is 0.416 e. The predicted molar refractivity (Wildman–Crippen MR) is 119 cm³/mol. The summed E-state index contributed by atoms with van der Waals surface area (Å²) in [7, 11) is 1.37. The summed E-state index contributed by atoms with van der Waals surface area (Å²) in [5.74, 6) is -0.322. The highest BCUT2D eigenvalue weighted by molar-refractivity contribution is 5.94. The van der Waals surface area contributed by atoms with Crippen LogP contribution in [0, 0.1) is 0 Å². The summed E-state index contributed by atoms with van der Waals surface area (Å²) in [6.45, 7) is 4.30. The van der Waals surface area contributed by atoms with Crippen LogP contribution in [0.5, 0.6) is 5.75 Å². The average molecular weight is 474 g/mol. The van der Waals surface area contributed by atoms with E-state index in [9.17, 15) is 18.0 Å². The highest BCUT2D eigenvalue weighted by atomic mass is 19.4. The molecule has 180 valence electrons. The Hall–Kier alpha value is -3.37. The lowest BCUT2D eigenvalue weighted by molar-refractivity contribution is -0.137. The molecular weight excluding hydrogens is 449 g/mol. The third kappa shape index (κ3) is 5.75. The van der Waals surface area contributed by atoms with Crippen LogP contribution in [-0.2, 0) is 24.0 Å². The lowest BCUT2D eigenvalue weighted by Gasteiger charge is -2.26. The van der Waals surface area contributed by atoms with E-state index in [-0.39, 0.29) is 23.7 Å². The van der Waals surface area contributed by atoms with Crippen molar-refractivity contribution in [2.24, 2.45) is 0 Å². The van der Waals surface area contributed by atoms with E-state index >= 15 is 0 Å². The standard InChI is InChI=1S/C24H25F3N4O3/c1-33-21-16-31(20-7-3-6-19(13-20)24(25,26)27)29-22(21)23(32)28-14-17-4-2-5-18(12-17)15-30-8-10-34-11-9-30/h2-7,12-13,16H,8-11,14-15H2,1H3,(H,28,32). The first kappa shape index (κ1) is 23.8. The van der Waals surface area contributed by atoms with Gasteiger partial charge in [-0.25, -0.2) is 4.68 Å². The molecule has 4 rings (SSSR count). The fourth-order valence-corrected chi connectivity index (χ4v) is 3.74. The van der Waals surface area contributed by atoms with Gasteiger partial charge in [0.05, 0.1) is 37.8 Å². The number of hydrogen-bond donors (Lipinski definition) is 1. The molecule has 0 atom stereocenters. The summed E-state index contributed by atoms with van der Waals surface area (Å²) >= 11 is 0. The normalized spacial score (nSPS) is 14.7.